The molecule has 14 heavy (non-hydrogen) atoms. The smallest absolute Gasteiger partial charge is 0.108 e. The van der Waals surface area contributed by atoms with Crippen LogP contribution in [-0.4, -0.2) is 15.1 Å². The molecule has 0 saturated carbocycles. The van der Waals surface area contributed by atoms with Crippen LogP contribution in [0.2, 0.25) is 0 Å². The van der Waals surface area contributed by atoms with Crippen molar-refractivity contribution >= 4 is 0 Å². The Morgan fingerprint density at radius 2 is 2.07 bits per heavy atom. The number of rotatable bonds is 5. The molecule has 0 amide bonds. The van der Waals surface area contributed by atoms with Gasteiger partial charge in [0.1, 0.15) is 5.82 Å². The van der Waals surface area contributed by atoms with Gasteiger partial charge in [-0.2, -0.15) is 0 Å². The molecule has 0 atom stereocenters. The van der Waals surface area contributed by atoms with Gasteiger partial charge in [0, 0.05) is 31.4 Å². The second kappa shape index (κ2) is 4.60. The number of aryl methyl sites for hydroxylation is 2. The van der Waals surface area contributed by atoms with E-state index in [0.717, 1.165) is 31.5 Å². The number of aromatic nitrogens is 2. The van der Waals surface area contributed by atoms with Crippen LogP contribution in [0.5, 0.6) is 0 Å². The fourth-order valence-corrected chi connectivity index (χ4v) is 1.60. The second-order valence-electron chi connectivity index (χ2n) is 4.02. The van der Waals surface area contributed by atoms with Crippen LogP contribution in [0.4, 0.5) is 0 Å². The number of nitrogens with two attached hydrogens (primary N) is 1. The largest absolute Gasteiger partial charge is 0.338 e. The molecule has 0 bridgehead atoms. The highest BCUT2D eigenvalue weighted by Gasteiger charge is 2.20. The zero-order valence-corrected chi connectivity index (χ0v) is 9.45. The molecule has 1 heterocycles. The highest BCUT2D eigenvalue weighted by molar-refractivity contribution is 4.94. The van der Waals surface area contributed by atoms with Crippen LogP contribution >= 0.6 is 0 Å². The Morgan fingerprint density at radius 1 is 1.43 bits per heavy atom. The van der Waals surface area contributed by atoms with E-state index in [0.29, 0.717) is 0 Å². The third kappa shape index (κ3) is 2.58. The lowest BCUT2D eigenvalue weighted by Crippen LogP contribution is -2.38. The molecule has 2 N–H and O–H groups in total. The third-order valence-corrected chi connectivity index (χ3v) is 3.18. The Morgan fingerprint density at radius 3 is 2.50 bits per heavy atom. The molecule has 0 aliphatic rings. The van der Waals surface area contributed by atoms with E-state index in [4.69, 9.17) is 5.73 Å². The van der Waals surface area contributed by atoms with Crippen molar-refractivity contribution in [2.45, 2.75) is 45.1 Å². The van der Waals surface area contributed by atoms with Crippen molar-refractivity contribution in [2.75, 3.05) is 0 Å². The van der Waals surface area contributed by atoms with Gasteiger partial charge < -0.3 is 10.3 Å². The van der Waals surface area contributed by atoms with Crippen molar-refractivity contribution in [3.63, 3.8) is 0 Å². The van der Waals surface area contributed by atoms with E-state index < -0.39 is 0 Å². The van der Waals surface area contributed by atoms with Crippen LogP contribution in [0.1, 0.15) is 38.9 Å². The van der Waals surface area contributed by atoms with Crippen LogP contribution in [0.25, 0.3) is 0 Å². The van der Waals surface area contributed by atoms with Gasteiger partial charge in [-0.3, -0.25) is 0 Å². The lowest BCUT2D eigenvalue weighted by Gasteiger charge is -2.26. The predicted molar refractivity (Wildman–Crippen MR) is 59.0 cm³/mol. The first kappa shape index (κ1) is 11.2. The van der Waals surface area contributed by atoms with E-state index in [1.165, 1.54) is 0 Å². The average Bonchev–Trinajstić information content (AvgIpc) is 2.61. The summed E-state index contributed by atoms with van der Waals surface area (Å²) in [6.45, 7) is 4.31. The van der Waals surface area contributed by atoms with Gasteiger partial charge in [0.15, 0.2) is 0 Å². The summed E-state index contributed by atoms with van der Waals surface area (Å²) in [6.07, 6.45) is 7.88. The summed E-state index contributed by atoms with van der Waals surface area (Å²) in [7, 11) is 2.03. The number of hydrogen-bond acceptors (Lipinski definition) is 2. The molecule has 0 aromatic carbocycles. The summed E-state index contributed by atoms with van der Waals surface area (Å²) in [4.78, 5) is 4.29. The Bertz CT molecular complexity index is 274. The first-order valence-electron chi connectivity index (χ1n) is 5.36. The van der Waals surface area contributed by atoms with E-state index >= 15 is 0 Å². The minimum atomic E-state index is -0.00799. The second-order valence-corrected chi connectivity index (χ2v) is 4.02. The molecule has 0 unspecified atom stereocenters. The van der Waals surface area contributed by atoms with Gasteiger partial charge in [0.05, 0.1) is 0 Å². The summed E-state index contributed by atoms with van der Waals surface area (Å²) in [5, 5.41) is 0. The Hall–Kier alpha value is -0.830. The molecule has 0 fully saturated rings. The summed E-state index contributed by atoms with van der Waals surface area (Å²) in [6, 6.07) is 0. The average molecular weight is 195 g/mol. The van der Waals surface area contributed by atoms with Crippen LogP contribution in [0.15, 0.2) is 12.4 Å². The molecular weight excluding hydrogens is 174 g/mol. The summed E-state index contributed by atoms with van der Waals surface area (Å²) < 4.78 is 2.06. The van der Waals surface area contributed by atoms with Crippen molar-refractivity contribution < 1.29 is 0 Å². The molecule has 1 aromatic rings. The predicted octanol–water partition coefficient (Wildman–Crippen LogP) is 1.87. The van der Waals surface area contributed by atoms with Crippen molar-refractivity contribution in [3.8, 4) is 0 Å². The third-order valence-electron chi connectivity index (χ3n) is 3.18. The van der Waals surface area contributed by atoms with E-state index in [-0.39, 0.29) is 5.54 Å². The highest BCUT2D eigenvalue weighted by Crippen LogP contribution is 2.18. The highest BCUT2D eigenvalue weighted by atomic mass is 15.0. The summed E-state index contributed by atoms with van der Waals surface area (Å²) >= 11 is 0. The maximum absolute atomic E-state index is 6.23. The molecule has 0 saturated heterocycles. The quantitative estimate of drug-likeness (QED) is 0.779. The zero-order chi connectivity index (χ0) is 10.6. The first-order valence-corrected chi connectivity index (χ1v) is 5.36. The van der Waals surface area contributed by atoms with Crippen molar-refractivity contribution in [3.05, 3.63) is 18.2 Å². The van der Waals surface area contributed by atoms with E-state index in [2.05, 4.69) is 23.4 Å². The van der Waals surface area contributed by atoms with Crippen LogP contribution in [-0.2, 0) is 13.5 Å². The van der Waals surface area contributed by atoms with Gasteiger partial charge >= 0.3 is 0 Å². The van der Waals surface area contributed by atoms with Crippen molar-refractivity contribution in [1.82, 2.24) is 9.55 Å². The van der Waals surface area contributed by atoms with Crippen molar-refractivity contribution in [1.29, 1.82) is 0 Å². The fourth-order valence-electron chi connectivity index (χ4n) is 1.60. The van der Waals surface area contributed by atoms with Crippen molar-refractivity contribution in [2.24, 2.45) is 12.8 Å². The van der Waals surface area contributed by atoms with Gasteiger partial charge in [-0.25, -0.2) is 4.98 Å². The minimum absolute atomic E-state index is 0.00799. The van der Waals surface area contributed by atoms with Gasteiger partial charge in [-0.05, 0) is 19.3 Å². The molecule has 80 valence electrons. The number of nitrogens with zero attached hydrogens (tertiary/aromatic N) is 2. The maximum atomic E-state index is 6.23. The normalized spacial score (nSPS) is 12.0. The molecule has 1 rings (SSSR count). The van der Waals surface area contributed by atoms with Crippen LogP contribution < -0.4 is 5.73 Å². The minimum Gasteiger partial charge on any atom is -0.338 e. The van der Waals surface area contributed by atoms with Gasteiger partial charge in [-0.1, -0.05) is 13.8 Å². The lowest BCUT2D eigenvalue weighted by atomic mass is 9.89. The van der Waals surface area contributed by atoms with Crippen LogP contribution in [0.3, 0.4) is 0 Å². The lowest BCUT2D eigenvalue weighted by molar-refractivity contribution is 0.363. The van der Waals surface area contributed by atoms with E-state index in [1.54, 1.807) is 0 Å². The molecule has 0 aliphatic heterocycles. The molecule has 3 heteroatoms. The first-order chi connectivity index (χ1) is 6.61. The SMILES string of the molecule is CCC(N)(CC)CCc1nccn1C. The fraction of sp³-hybridized carbons (Fsp3) is 0.727. The van der Waals surface area contributed by atoms with Gasteiger partial charge in [0.25, 0.3) is 0 Å². The molecule has 0 aliphatic carbocycles. The Labute approximate surface area is 86.3 Å². The van der Waals surface area contributed by atoms with Crippen LogP contribution in [0, 0.1) is 0 Å². The summed E-state index contributed by atoms with van der Waals surface area (Å²) in [5.74, 6) is 1.13. The maximum Gasteiger partial charge on any atom is 0.108 e. The molecule has 0 spiro atoms. The molecule has 0 radical (unpaired) electrons. The molecular formula is C11H21N3. The van der Waals surface area contributed by atoms with E-state index in [9.17, 15) is 0 Å². The van der Waals surface area contributed by atoms with E-state index in [1.807, 2.05) is 19.4 Å². The molecule has 1 aromatic heterocycles. The Balaban J connectivity index is 2.52. The molecule has 3 nitrogen and oxygen atoms in total. The number of imidazole rings is 1. The van der Waals surface area contributed by atoms with Gasteiger partial charge in [0.2, 0.25) is 0 Å². The zero-order valence-electron chi connectivity index (χ0n) is 9.45. The standard InChI is InChI=1S/C11H21N3/c1-4-11(12,5-2)7-6-10-13-8-9-14(10)3/h8-9H,4-7,12H2,1-3H3. The topological polar surface area (TPSA) is 43.8 Å². The monoisotopic (exact) mass is 195 g/mol. The number of hydrogen-bond donors (Lipinski definition) is 1. The summed E-state index contributed by atoms with van der Waals surface area (Å²) in [5.41, 5.74) is 6.22. The Kier molecular flexibility index (Phi) is 3.69. The van der Waals surface area contributed by atoms with Gasteiger partial charge in [-0.15, -0.1) is 0 Å².